The zero-order valence-electron chi connectivity index (χ0n) is 10.8. The van der Waals surface area contributed by atoms with Crippen LogP contribution in [0.5, 0.6) is 0 Å². The highest BCUT2D eigenvalue weighted by atomic mass is 14.0. The first-order valence-electron chi connectivity index (χ1n) is 6.30. The van der Waals surface area contributed by atoms with Gasteiger partial charge in [-0.3, -0.25) is 0 Å². The number of hydrogen-bond donors (Lipinski definition) is 0. The van der Waals surface area contributed by atoms with Gasteiger partial charge in [0.1, 0.15) is 0 Å². The SMILES string of the molecule is Cc1ccc(C=C2C=c3ccccc3=C2)cc1C. The minimum Gasteiger partial charge on any atom is -0.0616 e. The van der Waals surface area contributed by atoms with E-state index < -0.39 is 0 Å². The molecule has 2 aromatic rings. The summed E-state index contributed by atoms with van der Waals surface area (Å²) in [7, 11) is 0. The van der Waals surface area contributed by atoms with Crippen LogP contribution < -0.4 is 10.4 Å². The van der Waals surface area contributed by atoms with Crippen molar-refractivity contribution in [3.05, 3.63) is 75.2 Å². The molecule has 18 heavy (non-hydrogen) atoms. The zero-order valence-corrected chi connectivity index (χ0v) is 10.8. The summed E-state index contributed by atoms with van der Waals surface area (Å²) in [6.45, 7) is 4.31. The summed E-state index contributed by atoms with van der Waals surface area (Å²) in [6, 6.07) is 15.1. The van der Waals surface area contributed by atoms with Crippen LogP contribution in [-0.2, 0) is 0 Å². The lowest BCUT2D eigenvalue weighted by Crippen LogP contribution is -2.19. The first kappa shape index (κ1) is 11.0. The number of rotatable bonds is 1. The Labute approximate surface area is 108 Å². The molecule has 0 radical (unpaired) electrons. The van der Waals surface area contributed by atoms with E-state index in [1.54, 1.807) is 0 Å². The lowest BCUT2D eigenvalue weighted by atomic mass is 10.0. The highest BCUT2D eigenvalue weighted by molar-refractivity contribution is 5.81. The van der Waals surface area contributed by atoms with Gasteiger partial charge in [0.15, 0.2) is 0 Å². The summed E-state index contributed by atoms with van der Waals surface area (Å²) < 4.78 is 0. The third-order valence-electron chi connectivity index (χ3n) is 3.50. The van der Waals surface area contributed by atoms with Crippen molar-refractivity contribution < 1.29 is 0 Å². The lowest BCUT2D eigenvalue weighted by Gasteiger charge is -2.01. The smallest absolute Gasteiger partial charge is 0.0178 e. The van der Waals surface area contributed by atoms with Crippen molar-refractivity contribution in [1.82, 2.24) is 0 Å². The molecule has 88 valence electrons. The molecule has 0 nitrogen and oxygen atoms in total. The lowest BCUT2D eigenvalue weighted by molar-refractivity contribution is 1.33. The molecule has 0 unspecified atom stereocenters. The molecule has 0 N–H and O–H groups in total. The van der Waals surface area contributed by atoms with E-state index in [0.717, 1.165) is 0 Å². The molecule has 0 heterocycles. The van der Waals surface area contributed by atoms with Crippen molar-refractivity contribution in [1.29, 1.82) is 0 Å². The van der Waals surface area contributed by atoms with Crippen LogP contribution in [0.4, 0.5) is 0 Å². The minimum atomic E-state index is 1.27. The molecule has 0 spiro atoms. The van der Waals surface area contributed by atoms with Gasteiger partial charge in [-0.2, -0.15) is 0 Å². The molecule has 1 aliphatic carbocycles. The molecular formula is C18H16. The fourth-order valence-electron chi connectivity index (χ4n) is 2.30. The second kappa shape index (κ2) is 4.30. The van der Waals surface area contributed by atoms with Crippen LogP contribution in [0.2, 0.25) is 0 Å². The van der Waals surface area contributed by atoms with E-state index in [2.05, 4.69) is 74.5 Å². The average molecular weight is 232 g/mol. The van der Waals surface area contributed by atoms with Gasteiger partial charge < -0.3 is 0 Å². The van der Waals surface area contributed by atoms with Crippen LogP contribution >= 0.6 is 0 Å². The maximum absolute atomic E-state index is 2.24. The average Bonchev–Trinajstić information content (AvgIpc) is 2.76. The predicted molar refractivity (Wildman–Crippen MR) is 78.5 cm³/mol. The highest BCUT2D eigenvalue weighted by Gasteiger charge is 1.99. The van der Waals surface area contributed by atoms with E-state index in [4.69, 9.17) is 0 Å². The zero-order chi connectivity index (χ0) is 12.5. The Morgan fingerprint density at radius 2 is 1.44 bits per heavy atom. The van der Waals surface area contributed by atoms with Gasteiger partial charge in [-0.25, -0.2) is 0 Å². The van der Waals surface area contributed by atoms with Crippen molar-refractivity contribution in [3.8, 4) is 0 Å². The Balaban J connectivity index is 2.05. The summed E-state index contributed by atoms with van der Waals surface area (Å²) in [4.78, 5) is 0. The Kier molecular flexibility index (Phi) is 2.64. The van der Waals surface area contributed by atoms with Crippen molar-refractivity contribution in [2.45, 2.75) is 13.8 Å². The monoisotopic (exact) mass is 232 g/mol. The van der Waals surface area contributed by atoms with Gasteiger partial charge in [-0.1, -0.05) is 42.5 Å². The summed E-state index contributed by atoms with van der Waals surface area (Å²) in [5, 5.41) is 2.63. The Hall–Kier alpha value is -2.08. The van der Waals surface area contributed by atoms with E-state index in [1.165, 1.54) is 32.7 Å². The van der Waals surface area contributed by atoms with E-state index in [-0.39, 0.29) is 0 Å². The molecule has 3 rings (SSSR count). The maximum atomic E-state index is 2.24. The summed E-state index contributed by atoms with van der Waals surface area (Å²) >= 11 is 0. The van der Waals surface area contributed by atoms with Crippen LogP contribution in [0.25, 0.3) is 18.2 Å². The normalized spacial score (nSPS) is 12.7. The quantitative estimate of drug-likeness (QED) is 0.709. The van der Waals surface area contributed by atoms with Gasteiger partial charge in [0.25, 0.3) is 0 Å². The number of aryl methyl sites for hydroxylation is 2. The summed E-state index contributed by atoms with van der Waals surface area (Å²) in [6.07, 6.45) is 6.72. The molecule has 0 bridgehead atoms. The molecular weight excluding hydrogens is 216 g/mol. The number of allylic oxidation sites excluding steroid dienone is 1. The largest absolute Gasteiger partial charge is 0.0616 e. The van der Waals surface area contributed by atoms with Crippen LogP contribution in [0.15, 0.2) is 48.0 Å². The van der Waals surface area contributed by atoms with Crippen LogP contribution in [0.3, 0.4) is 0 Å². The van der Waals surface area contributed by atoms with Crippen LogP contribution in [0, 0.1) is 13.8 Å². The molecule has 0 saturated carbocycles. The number of benzene rings is 2. The number of fused-ring (bicyclic) bond motifs is 1. The molecule has 2 aromatic carbocycles. The van der Waals surface area contributed by atoms with E-state index >= 15 is 0 Å². The van der Waals surface area contributed by atoms with Gasteiger partial charge in [0.05, 0.1) is 0 Å². The first-order chi connectivity index (χ1) is 8.72. The second-order valence-electron chi connectivity index (χ2n) is 4.91. The van der Waals surface area contributed by atoms with Gasteiger partial charge in [-0.05, 0) is 64.8 Å². The predicted octanol–water partition coefficient (Wildman–Crippen LogP) is 2.96. The highest BCUT2D eigenvalue weighted by Crippen LogP contribution is 2.15. The van der Waals surface area contributed by atoms with Gasteiger partial charge in [-0.15, -0.1) is 0 Å². The fraction of sp³-hybridized carbons (Fsp3) is 0.111. The van der Waals surface area contributed by atoms with Crippen molar-refractivity contribution in [3.63, 3.8) is 0 Å². The fourth-order valence-corrected chi connectivity index (χ4v) is 2.30. The summed E-state index contributed by atoms with van der Waals surface area (Å²) in [5.74, 6) is 0. The van der Waals surface area contributed by atoms with Crippen LogP contribution in [0.1, 0.15) is 16.7 Å². The Bertz CT molecular complexity index is 709. The van der Waals surface area contributed by atoms with E-state index in [9.17, 15) is 0 Å². The molecule has 0 saturated heterocycles. The maximum Gasteiger partial charge on any atom is -0.0178 e. The van der Waals surface area contributed by atoms with Gasteiger partial charge in [0, 0.05) is 0 Å². The van der Waals surface area contributed by atoms with Crippen molar-refractivity contribution in [2.75, 3.05) is 0 Å². The van der Waals surface area contributed by atoms with Crippen molar-refractivity contribution in [2.24, 2.45) is 0 Å². The second-order valence-corrected chi connectivity index (χ2v) is 4.91. The molecule has 0 amide bonds. The first-order valence-corrected chi connectivity index (χ1v) is 6.30. The third kappa shape index (κ3) is 2.02. The molecule has 0 heteroatoms. The molecule has 0 fully saturated rings. The molecule has 1 aliphatic rings. The van der Waals surface area contributed by atoms with E-state index in [1.807, 2.05) is 0 Å². The molecule has 0 aliphatic heterocycles. The number of hydrogen-bond acceptors (Lipinski definition) is 0. The topological polar surface area (TPSA) is 0 Å². The summed E-state index contributed by atoms with van der Waals surface area (Å²) in [5.41, 5.74) is 5.24. The Morgan fingerprint density at radius 3 is 2.06 bits per heavy atom. The van der Waals surface area contributed by atoms with E-state index in [0.29, 0.717) is 0 Å². The Morgan fingerprint density at radius 1 is 0.778 bits per heavy atom. The standard InChI is InChI=1S/C18H16/c1-13-7-8-15(9-14(13)2)10-16-11-17-5-3-4-6-18(17)12-16/h3-12H,1-2H3. The molecule has 0 aromatic heterocycles. The van der Waals surface area contributed by atoms with Gasteiger partial charge in [0.2, 0.25) is 0 Å². The molecule has 0 atom stereocenters. The van der Waals surface area contributed by atoms with Crippen LogP contribution in [-0.4, -0.2) is 0 Å². The van der Waals surface area contributed by atoms with Gasteiger partial charge >= 0.3 is 0 Å². The minimum absolute atomic E-state index is 1.27. The van der Waals surface area contributed by atoms with Crippen molar-refractivity contribution >= 4 is 18.2 Å². The third-order valence-corrected chi connectivity index (χ3v) is 3.50.